The third-order valence-corrected chi connectivity index (χ3v) is 7.98. The lowest BCUT2D eigenvalue weighted by molar-refractivity contribution is 0.0691. The van der Waals surface area contributed by atoms with Crippen molar-refractivity contribution in [1.82, 2.24) is 24.5 Å². The highest BCUT2D eigenvalue weighted by molar-refractivity contribution is 6.29. The average Bonchev–Trinajstić information content (AvgIpc) is 3.53. The molecule has 3 atom stereocenters. The van der Waals surface area contributed by atoms with Crippen molar-refractivity contribution in [3.63, 3.8) is 0 Å². The molecule has 0 saturated carbocycles. The van der Waals surface area contributed by atoms with Crippen LogP contribution in [-0.2, 0) is 7.05 Å². The van der Waals surface area contributed by atoms with Crippen LogP contribution >= 0.6 is 11.6 Å². The van der Waals surface area contributed by atoms with Gasteiger partial charge < -0.3 is 20.2 Å². The van der Waals surface area contributed by atoms with E-state index >= 15 is 0 Å². The lowest BCUT2D eigenvalue weighted by Gasteiger charge is -2.35. The molecule has 0 aliphatic carbocycles. The summed E-state index contributed by atoms with van der Waals surface area (Å²) >= 11 is 5.94. The molecular weight excluding hydrogens is 532 g/mol. The molecule has 2 fully saturated rings. The Morgan fingerprint density at radius 2 is 1.85 bits per heavy atom. The molecule has 2 bridgehead atoms. The Labute approximate surface area is 235 Å². The molecule has 4 aromatic rings. The van der Waals surface area contributed by atoms with Crippen molar-refractivity contribution in [3.05, 3.63) is 74.6 Å². The number of nitrogens with one attached hydrogen (secondary N) is 1. The molecule has 1 aromatic carbocycles. The first-order valence-corrected chi connectivity index (χ1v) is 13.5. The molecule has 2 saturated heterocycles. The number of piperazine rings is 1. The van der Waals surface area contributed by atoms with Crippen LogP contribution in [0.15, 0.2) is 41.3 Å². The van der Waals surface area contributed by atoms with Crippen LogP contribution < -0.4 is 20.7 Å². The minimum absolute atomic E-state index is 0.0962. The molecule has 6 rings (SSSR count). The Morgan fingerprint density at radius 3 is 2.55 bits per heavy atom. The van der Waals surface area contributed by atoms with Gasteiger partial charge in [-0.2, -0.15) is 0 Å². The number of anilines is 3. The predicted octanol–water partition coefficient (Wildman–Crippen LogP) is 3.73. The number of nitrogens with zero attached hydrogens (tertiary/aromatic N) is 7. The van der Waals surface area contributed by atoms with Crippen LogP contribution in [0.2, 0.25) is 5.15 Å². The third kappa shape index (κ3) is 4.40. The van der Waals surface area contributed by atoms with Crippen LogP contribution in [0.4, 0.5) is 17.6 Å². The van der Waals surface area contributed by atoms with Crippen molar-refractivity contribution in [3.8, 4) is 0 Å². The first-order valence-electron chi connectivity index (χ1n) is 13.1. The van der Waals surface area contributed by atoms with Gasteiger partial charge in [-0.25, -0.2) is 24.7 Å². The minimum Gasteiger partial charge on any atom is -0.476 e. The SMILES string of the molecule is Cc1cc([C@@H](C)Nc2ccc(Cl)nc2C(=O)O)c2nc(N3C[C@@H]4C[C@H]3CN4c3nccc(C)n3)n(C)c(=O)c2c1. The molecule has 2 aliphatic heterocycles. The van der Waals surface area contributed by atoms with Crippen molar-refractivity contribution in [2.75, 3.05) is 28.2 Å². The summed E-state index contributed by atoms with van der Waals surface area (Å²) in [5, 5.41) is 13.5. The van der Waals surface area contributed by atoms with Crippen LogP contribution in [0.25, 0.3) is 10.9 Å². The lowest BCUT2D eigenvalue weighted by Crippen LogP contribution is -2.49. The molecule has 2 aliphatic rings. The number of aromatic carboxylic acids is 1. The van der Waals surface area contributed by atoms with E-state index in [1.165, 1.54) is 6.07 Å². The van der Waals surface area contributed by atoms with Gasteiger partial charge in [0.15, 0.2) is 5.69 Å². The molecule has 2 N–H and O–H groups in total. The van der Waals surface area contributed by atoms with E-state index in [-0.39, 0.29) is 34.5 Å². The van der Waals surface area contributed by atoms with Crippen LogP contribution in [0.5, 0.6) is 0 Å². The Bertz CT molecular complexity index is 1720. The lowest BCUT2D eigenvalue weighted by atomic mass is 10.0. The van der Waals surface area contributed by atoms with E-state index in [1.807, 2.05) is 39.0 Å². The molecule has 206 valence electrons. The number of aryl methyl sites for hydroxylation is 2. The monoisotopic (exact) mass is 560 g/mol. The van der Waals surface area contributed by atoms with Gasteiger partial charge in [-0.1, -0.05) is 17.7 Å². The van der Waals surface area contributed by atoms with E-state index in [0.29, 0.717) is 29.1 Å². The quantitative estimate of drug-likeness (QED) is 0.336. The number of hydrogen-bond donors (Lipinski definition) is 2. The molecule has 40 heavy (non-hydrogen) atoms. The summed E-state index contributed by atoms with van der Waals surface area (Å²) < 4.78 is 1.63. The van der Waals surface area contributed by atoms with Crippen molar-refractivity contribution >= 4 is 46.1 Å². The van der Waals surface area contributed by atoms with E-state index in [4.69, 9.17) is 16.6 Å². The number of halogens is 1. The van der Waals surface area contributed by atoms with Gasteiger partial charge in [0.25, 0.3) is 5.56 Å². The number of pyridine rings is 1. The Kier molecular flexibility index (Phi) is 6.33. The van der Waals surface area contributed by atoms with E-state index < -0.39 is 5.97 Å². The standard InChI is InChI=1S/C28H29ClN8O3/c1-14-9-19(16(3)32-21-5-6-22(29)33-24(21)26(39)40)23-20(10-14)25(38)35(4)28(34-23)37-13-17-11-18(37)12-36(17)27-30-8-7-15(2)31-27/h5-10,16-18,32H,11-13H2,1-4H3,(H,39,40)/t16-,17+,18+/m1/s1. The molecule has 3 aromatic heterocycles. The summed E-state index contributed by atoms with van der Waals surface area (Å²) in [5.74, 6) is 0.170. The van der Waals surface area contributed by atoms with Crippen LogP contribution in [-0.4, -0.2) is 60.8 Å². The van der Waals surface area contributed by atoms with Crippen LogP contribution in [0.1, 0.15) is 46.7 Å². The zero-order valence-corrected chi connectivity index (χ0v) is 23.3. The van der Waals surface area contributed by atoms with Gasteiger partial charge in [0, 0.05) is 37.6 Å². The molecule has 5 heterocycles. The largest absolute Gasteiger partial charge is 0.476 e. The third-order valence-electron chi connectivity index (χ3n) is 7.77. The zero-order chi connectivity index (χ0) is 28.3. The van der Waals surface area contributed by atoms with Gasteiger partial charge in [-0.05, 0) is 57.0 Å². The Balaban J connectivity index is 1.37. The maximum atomic E-state index is 13.6. The summed E-state index contributed by atoms with van der Waals surface area (Å²) in [6.07, 6.45) is 2.72. The second-order valence-corrected chi connectivity index (χ2v) is 11.0. The minimum atomic E-state index is -1.19. The Morgan fingerprint density at radius 1 is 1.10 bits per heavy atom. The van der Waals surface area contributed by atoms with Crippen molar-refractivity contribution in [1.29, 1.82) is 0 Å². The number of aromatic nitrogens is 5. The highest BCUT2D eigenvalue weighted by atomic mass is 35.5. The molecule has 11 nitrogen and oxygen atoms in total. The Hall–Kier alpha value is -4.25. The number of carboxylic acid groups (broad SMARTS) is 1. The van der Waals surface area contributed by atoms with E-state index in [1.54, 1.807) is 23.9 Å². The smallest absolute Gasteiger partial charge is 0.356 e. The molecule has 0 spiro atoms. The van der Waals surface area contributed by atoms with E-state index in [9.17, 15) is 14.7 Å². The predicted molar refractivity (Wildman–Crippen MR) is 154 cm³/mol. The van der Waals surface area contributed by atoms with Crippen molar-refractivity contribution in [2.45, 2.75) is 45.3 Å². The summed E-state index contributed by atoms with van der Waals surface area (Å²) in [4.78, 5) is 48.0. The summed E-state index contributed by atoms with van der Waals surface area (Å²) in [7, 11) is 1.76. The highest BCUT2D eigenvalue weighted by Crippen LogP contribution is 2.36. The van der Waals surface area contributed by atoms with Crippen LogP contribution in [0.3, 0.4) is 0 Å². The number of carboxylic acids is 1. The number of hydrogen-bond acceptors (Lipinski definition) is 9. The van der Waals surface area contributed by atoms with Crippen molar-refractivity contribution in [2.24, 2.45) is 7.05 Å². The van der Waals surface area contributed by atoms with Crippen molar-refractivity contribution < 1.29 is 9.90 Å². The normalized spacial score (nSPS) is 18.9. The van der Waals surface area contributed by atoms with Crippen LogP contribution in [0, 0.1) is 13.8 Å². The molecule has 0 amide bonds. The number of carbonyl (C=O) groups is 1. The van der Waals surface area contributed by atoms with Gasteiger partial charge in [0.2, 0.25) is 11.9 Å². The second-order valence-electron chi connectivity index (χ2n) is 10.6. The van der Waals surface area contributed by atoms with Gasteiger partial charge >= 0.3 is 5.97 Å². The summed E-state index contributed by atoms with van der Waals surface area (Å²) in [6.45, 7) is 7.26. The van der Waals surface area contributed by atoms with E-state index in [2.05, 4.69) is 30.1 Å². The second kappa shape index (κ2) is 9.74. The topological polar surface area (TPSA) is 129 Å². The molecule has 12 heteroatoms. The average molecular weight is 561 g/mol. The highest BCUT2D eigenvalue weighted by Gasteiger charge is 2.45. The first kappa shape index (κ1) is 26.0. The number of benzene rings is 1. The summed E-state index contributed by atoms with van der Waals surface area (Å²) in [5.41, 5.74) is 3.25. The number of rotatable bonds is 6. The number of fused-ring (bicyclic) bond motifs is 3. The fourth-order valence-electron chi connectivity index (χ4n) is 5.88. The van der Waals surface area contributed by atoms with Gasteiger partial charge in [0.05, 0.1) is 34.7 Å². The first-order chi connectivity index (χ1) is 19.1. The van der Waals surface area contributed by atoms with Gasteiger partial charge in [0.1, 0.15) is 5.15 Å². The zero-order valence-electron chi connectivity index (χ0n) is 22.6. The van der Waals surface area contributed by atoms with Gasteiger partial charge in [-0.15, -0.1) is 0 Å². The molecule has 0 radical (unpaired) electrons. The van der Waals surface area contributed by atoms with Gasteiger partial charge in [-0.3, -0.25) is 9.36 Å². The maximum Gasteiger partial charge on any atom is 0.356 e. The molecule has 0 unspecified atom stereocenters. The molecular formula is C28H29ClN8O3. The maximum absolute atomic E-state index is 13.6. The fourth-order valence-corrected chi connectivity index (χ4v) is 6.03. The summed E-state index contributed by atoms with van der Waals surface area (Å²) in [6, 6.07) is 8.88. The van der Waals surface area contributed by atoms with E-state index in [0.717, 1.165) is 35.7 Å². The fraction of sp³-hybridized carbons (Fsp3) is 0.357.